The van der Waals surface area contributed by atoms with Crippen LogP contribution in [0.4, 0.5) is 0 Å². The molecule has 3 nitrogen and oxygen atoms in total. The van der Waals surface area contributed by atoms with Crippen molar-refractivity contribution < 1.29 is 9.15 Å². The Morgan fingerprint density at radius 3 is 2.89 bits per heavy atom. The van der Waals surface area contributed by atoms with Gasteiger partial charge in [0.2, 0.25) is 0 Å². The molecule has 0 spiro atoms. The van der Waals surface area contributed by atoms with E-state index in [1.165, 1.54) is 18.4 Å². The average molecular weight is 253 g/mol. The van der Waals surface area contributed by atoms with Gasteiger partial charge in [0.05, 0.1) is 19.4 Å². The van der Waals surface area contributed by atoms with Gasteiger partial charge >= 0.3 is 0 Å². The Hall–Kier alpha value is -0.800. The number of nitrogens with one attached hydrogen (secondary N) is 1. The van der Waals surface area contributed by atoms with Crippen molar-refractivity contribution in [3.63, 3.8) is 0 Å². The van der Waals surface area contributed by atoms with Crippen molar-refractivity contribution in [1.29, 1.82) is 0 Å². The molecular weight excluding hydrogens is 226 g/mol. The van der Waals surface area contributed by atoms with Crippen LogP contribution in [0.5, 0.6) is 0 Å². The minimum atomic E-state index is 0.642. The summed E-state index contributed by atoms with van der Waals surface area (Å²) in [5.74, 6) is 1.65. The van der Waals surface area contributed by atoms with Crippen LogP contribution in [0.2, 0.25) is 0 Å². The van der Waals surface area contributed by atoms with E-state index >= 15 is 0 Å². The Balaban J connectivity index is 2.27. The predicted molar refractivity (Wildman–Crippen MR) is 74.4 cm³/mol. The zero-order valence-electron chi connectivity index (χ0n) is 12.0. The molecule has 1 heterocycles. The fourth-order valence-corrected chi connectivity index (χ4v) is 1.98. The van der Waals surface area contributed by atoms with Crippen LogP contribution in [0.3, 0.4) is 0 Å². The van der Waals surface area contributed by atoms with Crippen LogP contribution < -0.4 is 5.32 Å². The standard InChI is InChI=1S/C15H27NO2/c1-4-6-13(3)11-17-12-14-7-9-18-15(14)10-16-8-5-2/h7,9,13,16H,4-6,8,10-12H2,1-3H3. The quantitative estimate of drug-likeness (QED) is 0.645. The fourth-order valence-electron chi connectivity index (χ4n) is 1.98. The van der Waals surface area contributed by atoms with Gasteiger partial charge in [0, 0.05) is 12.2 Å². The van der Waals surface area contributed by atoms with Gasteiger partial charge in [-0.25, -0.2) is 0 Å². The normalized spacial score (nSPS) is 12.8. The Morgan fingerprint density at radius 1 is 1.33 bits per heavy atom. The van der Waals surface area contributed by atoms with Gasteiger partial charge in [0.1, 0.15) is 5.76 Å². The van der Waals surface area contributed by atoms with Crippen LogP contribution in [-0.2, 0) is 17.9 Å². The van der Waals surface area contributed by atoms with Crippen molar-refractivity contribution in [2.75, 3.05) is 13.2 Å². The second kappa shape index (κ2) is 9.17. The molecule has 18 heavy (non-hydrogen) atoms. The van der Waals surface area contributed by atoms with Crippen LogP contribution in [0.25, 0.3) is 0 Å². The topological polar surface area (TPSA) is 34.4 Å². The lowest BCUT2D eigenvalue weighted by Crippen LogP contribution is -2.14. The van der Waals surface area contributed by atoms with Crippen LogP contribution in [0.15, 0.2) is 16.7 Å². The molecule has 3 heteroatoms. The van der Waals surface area contributed by atoms with E-state index in [0.717, 1.165) is 31.9 Å². The highest BCUT2D eigenvalue weighted by molar-refractivity contribution is 5.15. The second-order valence-corrected chi connectivity index (χ2v) is 4.95. The van der Waals surface area contributed by atoms with Gasteiger partial charge in [0.15, 0.2) is 0 Å². The smallest absolute Gasteiger partial charge is 0.123 e. The van der Waals surface area contributed by atoms with Crippen LogP contribution in [-0.4, -0.2) is 13.2 Å². The van der Waals surface area contributed by atoms with E-state index in [1.54, 1.807) is 6.26 Å². The number of hydrogen-bond donors (Lipinski definition) is 1. The highest BCUT2D eigenvalue weighted by atomic mass is 16.5. The molecule has 104 valence electrons. The van der Waals surface area contributed by atoms with Crippen LogP contribution >= 0.6 is 0 Å². The minimum absolute atomic E-state index is 0.642. The van der Waals surface area contributed by atoms with E-state index in [0.29, 0.717) is 12.5 Å². The first-order valence-corrected chi connectivity index (χ1v) is 7.11. The molecule has 1 rings (SSSR count). The largest absolute Gasteiger partial charge is 0.468 e. The molecule has 0 saturated heterocycles. The highest BCUT2D eigenvalue weighted by Gasteiger charge is 2.07. The van der Waals surface area contributed by atoms with E-state index in [1.807, 2.05) is 6.07 Å². The average Bonchev–Trinajstić information content (AvgIpc) is 2.78. The molecule has 0 radical (unpaired) electrons. The van der Waals surface area contributed by atoms with Gasteiger partial charge in [-0.1, -0.05) is 27.2 Å². The molecule has 0 aliphatic heterocycles. The highest BCUT2D eigenvalue weighted by Crippen LogP contribution is 2.13. The first kappa shape index (κ1) is 15.3. The number of rotatable bonds is 10. The zero-order valence-corrected chi connectivity index (χ0v) is 12.0. The lowest BCUT2D eigenvalue weighted by atomic mass is 10.1. The lowest BCUT2D eigenvalue weighted by Gasteiger charge is -2.10. The van der Waals surface area contributed by atoms with Gasteiger partial charge in [-0.05, 0) is 31.4 Å². The SMILES string of the molecule is CCCNCc1occc1COCC(C)CCC. The van der Waals surface area contributed by atoms with Crippen molar-refractivity contribution in [3.05, 3.63) is 23.7 Å². The molecule has 1 N–H and O–H groups in total. The molecule has 0 saturated carbocycles. The summed E-state index contributed by atoms with van der Waals surface area (Å²) in [4.78, 5) is 0. The lowest BCUT2D eigenvalue weighted by molar-refractivity contribution is 0.0883. The van der Waals surface area contributed by atoms with E-state index in [2.05, 4.69) is 26.1 Å². The molecule has 1 atom stereocenters. The van der Waals surface area contributed by atoms with Gasteiger partial charge in [0.25, 0.3) is 0 Å². The molecular formula is C15H27NO2. The summed E-state index contributed by atoms with van der Waals surface area (Å²) in [6, 6.07) is 2.01. The van der Waals surface area contributed by atoms with Crippen molar-refractivity contribution in [1.82, 2.24) is 5.32 Å². The summed E-state index contributed by atoms with van der Waals surface area (Å²) >= 11 is 0. The van der Waals surface area contributed by atoms with Crippen molar-refractivity contribution in [2.24, 2.45) is 5.92 Å². The van der Waals surface area contributed by atoms with Crippen LogP contribution in [0, 0.1) is 5.92 Å². The molecule has 0 aromatic carbocycles. The summed E-state index contributed by atoms with van der Waals surface area (Å²) in [7, 11) is 0. The van der Waals surface area contributed by atoms with E-state index in [-0.39, 0.29) is 0 Å². The third kappa shape index (κ3) is 5.69. The second-order valence-electron chi connectivity index (χ2n) is 4.95. The number of hydrogen-bond acceptors (Lipinski definition) is 3. The van der Waals surface area contributed by atoms with Crippen LogP contribution in [0.1, 0.15) is 51.4 Å². The Labute approximate surface area is 111 Å². The van der Waals surface area contributed by atoms with Gasteiger partial charge in [-0.15, -0.1) is 0 Å². The molecule has 0 aliphatic rings. The zero-order chi connectivity index (χ0) is 13.2. The monoisotopic (exact) mass is 253 g/mol. The summed E-state index contributed by atoms with van der Waals surface area (Å²) in [5, 5.41) is 3.35. The molecule has 1 unspecified atom stereocenters. The molecule has 0 fully saturated rings. The predicted octanol–water partition coefficient (Wildman–Crippen LogP) is 3.73. The van der Waals surface area contributed by atoms with Crippen molar-refractivity contribution in [3.8, 4) is 0 Å². The first-order valence-electron chi connectivity index (χ1n) is 7.11. The third-order valence-electron chi connectivity index (χ3n) is 2.99. The van der Waals surface area contributed by atoms with Crippen molar-refractivity contribution in [2.45, 2.75) is 53.2 Å². The van der Waals surface area contributed by atoms with E-state index in [9.17, 15) is 0 Å². The van der Waals surface area contributed by atoms with Gasteiger partial charge in [-0.2, -0.15) is 0 Å². The Bertz CT molecular complexity index is 309. The first-order chi connectivity index (χ1) is 8.77. The third-order valence-corrected chi connectivity index (χ3v) is 2.99. The molecule has 1 aromatic rings. The number of ether oxygens (including phenoxy) is 1. The number of furan rings is 1. The minimum Gasteiger partial charge on any atom is -0.468 e. The van der Waals surface area contributed by atoms with Gasteiger partial charge < -0.3 is 14.5 Å². The van der Waals surface area contributed by atoms with Crippen molar-refractivity contribution >= 4 is 0 Å². The Kier molecular flexibility index (Phi) is 7.78. The molecule has 0 bridgehead atoms. The summed E-state index contributed by atoms with van der Waals surface area (Å²) < 4.78 is 11.2. The fraction of sp³-hybridized carbons (Fsp3) is 0.733. The molecule has 0 amide bonds. The maximum atomic E-state index is 5.75. The van der Waals surface area contributed by atoms with Gasteiger partial charge in [-0.3, -0.25) is 0 Å². The Morgan fingerprint density at radius 2 is 2.17 bits per heavy atom. The summed E-state index contributed by atoms with van der Waals surface area (Å²) in [5.41, 5.74) is 1.17. The molecule has 0 aliphatic carbocycles. The maximum Gasteiger partial charge on any atom is 0.123 e. The van der Waals surface area contributed by atoms with E-state index in [4.69, 9.17) is 9.15 Å². The molecule has 1 aromatic heterocycles. The summed E-state index contributed by atoms with van der Waals surface area (Å²) in [6.07, 6.45) is 5.34. The summed E-state index contributed by atoms with van der Waals surface area (Å²) in [6.45, 7) is 9.92. The van der Waals surface area contributed by atoms with E-state index < -0.39 is 0 Å². The maximum absolute atomic E-state index is 5.75.